The predicted molar refractivity (Wildman–Crippen MR) is 75.8 cm³/mol. The van der Waals surface area contributed by atoms with E-state index >= 15 is 0 Å². The monoisotopic (exact) mass is 259 g/mol. The largest absolute Gasteiger partial charge is 0.370 e. The van der Waals surface area contributed by atoms with Crippen LogP contribution in [0.3, 0.4) is 0 Å². The van der Waals surface area contributed by atoms with Crippen molar-refractivity contribution in [3.8, 4) is 11.3 Å². The van der Waals surface area contributed by atoms with E-state index in [1.807, 2.05) is 33.8 Å². The molecule has 0 aliphatic heterocycles. The van der Waals surface area contributed by atoms with Crippen LogP contribution in [0.4, 0.5) is 10.2 Å². The van der Waals surface area contributed by atoms with Gasteiger partial charge < -0.3 is 5.32 Å². The Hall–Kier alpha value is -1.97. The highest BCUT2D eigenvalue weighted by Crippen LogP contribution is 2.27. The first-order chi connectivity index (χ1) is 9.01. The molecule has 0 aliphatic carbocycles. The molecule has 1 heterocycles. The summed E-state index contributed by atoms with van der Waals surface area (Å²) < 4.78 is 13.5. The third-order valence-corrected chi connectivity index (χ3v) is 2.92. The number of nitrogens with one attached hydrogen (secondary N) is 1. The van der Waals surface area contributed by atoms with Crippen LogP contribution < -0.4 is 5.32 Å². The lowest BCUT2D eigenvalue weighted by atomic mass is 10.0. The number of anilines is 1. The Kier molecular flexibility index (Phi) is 3.79. The molecular formula is C15H18FN3. The van der Waals surface area contributed by atoms with E-state index in [2.05, 4.69) is 15.3 Å². The molecule has 0 amide bonds. The van der Waals surface area contributed by atoms with Gasteiger partial charge in [0.1, 0.15) is 17.5 Å². The van der Waals surface area contributed by atoms with Gasteiger partial charge in [-0.25, -0.2) is 14.4 Å². The van der Waals surface area contributed by atoms with Crippen LogP contribution in [0.15, 0.2) is 18.2 Å². The Balaban J connectivity index is 2.61. The lowest BCUT2D eigenvalue weighted by molar-refractivity contribution is 0.627. The second-order valence-corrected chi connectivity index (χ2v) is 4.64. The summed E-state index contributed by atoms with van der Waals surface area (Å²) in [4.78, 5) is 8.83. The number of nitrogens with zero attached hydrogens (tertiary/aromatic N) is 2. The minimum Gasteiger partial charge on any atom is -0.370 e. The van der Waals surface area contributed by atoms with E-state index in [0.29, 0.717) is 5.82 Å². The first kappa shape index (κ1) is 13.5. The second kappa shape index (κ2) is 5.34. The average Bonchev–Trinajstić information content (AvgIpc) is 2.32. The zero-order chi connectivity index (χ0) is 14.0. The third kappa shape index (κ3) is 2.89. The molecule has 2 aromatic rings. The number of rotatable bonds is 3. The fourth-order valence-electron chi connectivity index (χ4n) is 2.12. The van der Waals surface area contributed by atoms with E-state index in [1.54, 1.807) is 0 Å². The van der Waals surface area contributed by atoms with Gasteiger partial charge in [0, 0.05) is 17.7 Å². The summed E-state index contributed by atoms with van der Waals surface area (Å²) in [6.45, 7) is 8.48. The lowest BCUT2D eigenvalue weighted by Gasteiger charge is -2.12. The summed E-state index contributed by atoms with van der Waals surface area (Å²) >= 11 is 0. The fraction of sp³-hybridized carbons (Fsp3) is 0.333. The summed E-state index contributed by atoms with van der Waals surface area (Å²) in [5.41, 5.74) is 3.40. The molecule has 0 spiro atoms. The van der Waals surface area contributed by atoms with Crippen molar-refractivity contribution in [2.75, 3.05) is 11.9 Å². The molecule has 0 radical (unpaired) electrons. The van der Waals surface area contributed by atoms with E-state index in [9.17, 15) is 4.39 Å². The van der Waals surface area contributed by atoms with Gasteiger partial charge in [-0.15, -0.1) is 0 Å². The van der Waals surface area contributed by atoms with E-state index < -0.39 is 0 Å². The third-order valence-electron chi connectivity index (χ3n) is 2.92. The van der Waals surface area contributed by atoms with Crippen molar-refractivity contribution >= 4 is 5.82 Å². The van der Waals surface area contributed by atoms with Crippen LogP contribution in [-0.4, -0.2) is 16.5 Å². The predicted octanol–water partition coefficient (Wildman–Crippen LogP) is 3.64. The van der Waals surface area contributed by atoms with E-state index in [1.165, 1.54) is 12.1 Å². The smallest absolute Gasteiger partial charge is 0.133 e. The molecule has 100 valence electrons. The first-order valence-corrected chi connectivity index (χ1v) is 6.38. The molecule has 2 rings (SSSR count). The SMILES string of the molecule is CCNc1nc(C)nc(-c2cc(C)cc(F)c2)c1C. The normalized spacial score (nSPS) is 10.6. The van der Waals surface area contributed by atoms with Crippen molar-refractivity contribution < 1.29 is 4.39 Å². The Morgan fingerprint density at radius 1 is 1.11 bits per heavy atom. The number of aromatic nitrogens is 2. The molecule has 0 aliphatic rings. The molecular weight excluding hydrogens is 241 g/mol. The van der Waals surface area contributed by atoms with Crippen molar-refractivity contribution in [3.63, 3.8) is 0 Å². The molecule has 3 nitrogen and oxygen atoms in total. The van der Waals surface area contributed by atoms with Crippen molar-refractivity contribution in [2.24, 2.45) is 0 Å². The van der Waals surface area contributed by atoms with Crippen molar-refractivity contribution in [1.29, 1.82) is 0 Å². The second-order valence-electron chi connectivity index (χ2n) is 4.64. The Bertz CT molecular complexity index is 588. The van der Waals surface area contributed by atoms with Gasteiger partial charge in [-0.3, -0.25) is 0 Å². The number of aryl methyl sites for hydroxylation is 2. The topological polar surface area (TPSA) is 37.8 Å². The molecule has 0 saturated carbocycles. The molecule has 1 aromatic carbocycles. The highest BCUT2D eigenvalue weighted by atomic mass is 19.1. The Morgan fingerprint density at radius 3 is 2.47 bits per heavy atom. The van der Waals surface area contributed by atoms with Gasteiger partial charge in [-0.05, 0) is 51.5 Å². The van der Waals surface area contributed by atoms with Gasteiger partial charge in [0.2, 0.25) is 0 Å². The molecule has 1 N–H and O–H groups in total. The van der Waals surface area contributed by atoms with Crippen molar-refractivity contribution in [1.82, 2.24) is 9.97 Å². The molecule has 0 saturated heterocycles. The molecule has 0 fully saturated rings. The highest BCUT2D eigenvalue weighted by Gasteiger charge is 2.11. The Morgan fingerprint density at radius 2 is 1.84 bits per heavy atom. The lowest BCUT2D eigenvalue weighted by Crippen LogP contribution is -2.06. The standard InChI is InChI=1S/C15H18FN3/c1-5-17-15-10(3)14(18-11(4)19-15)12-6-9(2)7-13(16)8-12/h6-8H,5H2,1-4H3,(H,17,18,19). The van der Waals surface area contributed by atoms with E-state index in [0.717, 1.165) is 34.7 Å². The molecule has 0 atom stereocenters. The zero-order valence-corrected chi connectivity index (χ0v) is 11.7. The van der Waals surface area contributed by atoms with E-state index in [-0.39, 0.29) is 5.82 Å². The van der Waals surface area contributed by atoms with Crippen LogP contribution >= 0.6 is 0 Å². The van der Waals surface area contributed by atoms with Gasteiger partial charge in [-0.2, -0.15) is 0 Å². The van der Waals surface area contributed by atoms with Gasteiger partial charge in [-0.1, -0.05) is 0 Å². The van der Waals surface area contributed by atoms with E-state index in [4.69, 9.17) is 0 Å². The van der Waals surface area contributed by atoms with Gasteiger partial charge in [0.05, 0.1) is 5.69 Å². The minimum atomic E-state index is -0.240. The van der Waals surface area contributed by atoms with Crippen LogP contribution in [0.2, 0.25) is 0 Å². The van der Waals surface area contributed by atoms with Gasteiger partial charge in [0.25, 0.3) is 0 Å². The van der Waals surface area contributed by atoms with Gasteiger partial charge >= 0.3 is 0 Å². The highest BCUT2D eigenvalue weighted by molar-refractivity contribution is 5.68. The summed E-state index contributed by atoms with van der Waals surface area (Å²) in [5.74, 6) is 1.25. The fourth-order valence-corrected chi connectivity index (χ4v) is 2.12. The Labute approximate surface area is 112 Å². The summed E-state index contributed by atoms with van der Waals surface area (Å²) in [6.07, 6.45) is 0. The molecule has 4 heteroatoms. The summed E-state index contributed by atoms with van der Waals surface area (Å²) in [6, 6.07) is 4.96. The summed E-state index contributed by atoms with van der Waals surface area (Å²) in [7, 11) is 0. The average molecular weight is 259 g/mol. The van der Waals surface area contributed by atoms with Gasteiger partial charge in [0.15, 0.2) is 0 Å². The maximum atomic E-state index is 13.5. The molecule has 1 aromatic heterocycles. The van der Waals surface area contributed by atoms with Crippen LogP contribution in [0.1, 0.15) is 23.9 Å². The maximum Gasteiger partial charge on any atom is 0.133 e. The van der Waals surface area contributed by atoms with Crippen molar-refractivity contribution in [3.05, 3.63) is 41.0 Å². The molecule has 0 unspecified atom stereocenters. The number of hydrogen-bond donors (Lipinski definition) is 1. The molecule has 19 heavy (non-hydrogen) atoms. The van der Waals surface area contributed by atoms with Crippen LogP contribution in [0.5, 0.6) is 0 Å². The van der Waals surface area contributed by atoms with Crippen LogP contribution in [-0.2, 0) is 0 Å². The van der Waals surface area contributed by atoms with Crippen LogP contribution in [0, 0.1) is 26.6 Å². The molecule has 0 bridgehead atoms. The number of hydrogen-bond acceptors (Lipinski definition) is 3. The number of halogens is 1. The zero-order valence-electron chi connectivity index (χ0n) is 11.7. The summed E-state index contributed by atoms with van der Waals surface area (Å²) in [5, 5.41) is 3.21. The minimum absolute atomic E-state index is 0.240. The maximum absolute atomic E-state index is 13.5. The van der Waals surface area contributed by atoms with Crippen molar-refractivity contribution in [2.45, 2.75) is 27.7 Å². The number of benzene rings is 1. The quantitative estimate of drug-likeness (QED) is 0.914. The first-order valence-electron chi connectivity index (χ1n) is 6.38. The van der Waals surface area contributed by atoms with Crippen LogP contribution in [0.25, 0.3) is 11.3 Å².